The van der Waals surface area contributed by atoms with Crippen LogP contribution < -0.4 is 10.9 Å². The van der Waals surface area contributed by atoms with Crippen molar-refractivity contribution in [3.05, 3.63) is 20.2 Å². The molecule has 0 heterocycles. The van der Waals surface area contributed by atoms with Crippen LogP contribution in [0, 0.1) is 20.2 Å². The topological polar surface area (TPSA) is 144 Å². The van der Waals surface area contributed by atoms with Crippen LogP contribution in [-0.2, 0) is 9.59 Å². The number of hydrogen-bond donors (Lipinski definition) is 2. The van der Waals surface area contributed by atoms with Crippen LogP contribution in [-0.4, -0.2) is 35.1 Å². The largest absolute Gasteiger partial charge is 0.614 e. The highest BCUT2D eigenvalue weighted by Gasteiger charge is 2.66. The molecular weight excluding hydrogens is 510 g/mol. The summed E-state index contributed by atoms with van der Waals surface area (Å²) in [4.78, 5) is 40.2. The van der Waals surface area contributed by atoms with Crippen LogP contribution in [0.1, 0.15) is 12.8 Å². The molecule has 0 rings (SSSR count). The van der Waals surface area contributed by atoms with Crippen molar-refractivity contribution in [1.29, 1.82) is 0 Å². The van der Waals surface area contributed by atoms with E-state index >= 15 is 0 Å². The van der Waals surface area contributed by atoms with Crippen LogP contribution in [0.25, 0.3) is 0 Å². The molecule has 0 saturated carbocycles. The summed E-state index contributed by atoms with van der Waals surface area (Å²) in [5.74, 6) is -7.75. The lowest BCUT2D eigenvalue weighted by Crippen LogP contribution is -2.56. The predicted molar refractivity (Wildman–Crippen MR) is 92.3 cm³/mol. The molecule has 0 spiro atoms. The first-order valence-corrected chi connectivity index (χ1v) is 9.61. The lowest BCUT2D eigenvalue weighted by molar-refractivity contribution is -0.832. The summed E-state index contributed by atoms with van der Waals surface area (Å²) < 4.78 is 71.8. The van der Waals surface area contributed by atoms with E-state index in [-0.39, 0.29) is 0 Å². The first-order chi connectivity index (χ1) is 13.0. The highest BCUT2D eigenvalue weighted by Crippen LogP contribution is 2.64. The molecule has 0 bridgehead atoms. The third-order valence-electron chi connectivity index (χ3n) is 2.77. The Morgan fingerprint density at radius 2 is 1.29 bits per heavy atom. The molecule has 0 aliphatic carbocycles. The molecule has 0 aliphatic rings. The second-order valence-electron chi connectivity index (χ2n) is 4.29. The zero-order valence-corrected chi connectivity index (χ0v) is 16.6. The van der Waals surface area contributed by atoms with Gasteiger partial charge in [-0.15, -0.1) is 0 Å². The number of nitrogens with zero attached hydrogens (tertiary/aromatic N) is 2. The van der Waals surface area contributed by atoms with Crippen LogP contribution >= 0.6 is 60.7 Å². The average Bonchev–Trinajstić information content (AvgIpc) is 2.68. The third kappa shape index (κ3) is 5.36. The van der Waals surface area contributed by atoms with Crippen molar-refractivity contribution >= 4 is 72.6 Å². The maximum atomic E-state index is 13.5. The SMILES string of the molecule is O=C(CCC(F)([N+](=O)[O-])[N+](=O)[O-])NNC(=O)C(SF)(SF)C(SF)(SF)SF. The molecule has 10 nitrogen and oxygen atoms in total. The summed E-state index contributed by atoms with van der Waals surface area (Å²) in [5, 5.41) is 20.7. The maximum Gasteiger partial charge on any atom is 0.614 e. The molecule has 2 amide bonds. The number of hydrogen-bond acceptors (Lipinski definition) is 11. The minimum Gasteiger partial charge on any atom is -0.273 e. The van der Waals surface area contributed by atoms with Gasteiger partial charge in [-0.3, -0.25) is 40.7 Å². The Balaban J connectivity index is 5.22. The van der Waals surface area contributed by atoms with E-state index in [2.05, 4.69) is 0 Å². The van der Waals surface area contributed by atoms with E-state index in [1.54, 1.807) is 0 Å². The van der Waals surface area contributed by atoms with Crippen LogP contribution in [0.15, 0.2) is 0 Å². The second kappa shape index (κ2) is 11.3. The number of nitrogens with one attached hydrogen (secondary N) is 2. The van der Waals surface area contributed by atoms with Gasteiger partial charge < -0.3 is 0 Å². The van der Waals surface area contributed by atoms with Gasteiger partial charge in [0.15, 0.2) is 0 Å². The molecule has 0 aromatic heterocycles. The monoisotopic (exact) mass is 516 g/mol. The molecule has 28 heavy (non-hydrogen) atoms. The fraction of sp³-hybridized carbons (Fsp3) is 0.714. The highest BCUT2D eigenvalue weighted by atomic mass is 32.3. The first kappa shape index (κ1) is 27.1. The zero-order chi connectivity index (χ0) is 22.2. The number of carbonyl (C=O) groups is 2. The van der Waals surface area contributed by atoms with Gasteiger partial charge in [0.2, 0.25) is 13.4 Å². The standard InChI is InChI=1S/C7H6F6N4O6S5/c8-5(16(20)21,17(22)23)2-1-3(18)14-15-4(19)6(24-9,25-10)7(26-11,27-12)28-13/h1-2H2,(H,14,18)(H,15,19). The first-order valence-electron chi connectivity index (χ1n) is 6.02. The zero-order valence-electron chi connectivity index (χ0n) is 12.6. The maximum absolute atomic E-state index is 13.5. The Kier molecular flexibility index (Phi) is 10.9. The van der Waals surface area contributed by atoms with E-state index < -0.39 is 109 Å². The average molecular weight is 516 g/mol. The number of carbonyl (C=O) groups excluding carboxylic acids is 2. The Bertz CT molecular complexity index is 591. The molecule has 21 heteroatoms. The summed E-state index contributed by atoms with van der Waals surface area (Å²) in [7, 11) is 0. The van der Waals surface area contributed by atoms with E-state index in [4.69, 9.17) is 0 Å². The van der Waals surface area contributed by atoms with Crippen molar-refractivity contribution in [1.82, 2.24) is 10.9 Å². The molecule has 0 aromatic carbocycles. The van der Waals surface area contributed by atoms with Crippen molar-refractivity contribution in [2.45, 2.75) is 26.2 Å². The molecule has 162 valence electrons. The Hall–Kier alpha value is -0.930. The van der Waals surface area contributed by atoms with Gasteiger partial charge in [-0.25, -0.2) is 0 Å². The van der Waals surface area contributed by atoms with E-state index in [1.165, 1.54) is 10.9 Å². The van der Waals surface area contributed by atoms with Crippen LogP contribution in [0.2, 0.25) is 0 Å². The quantitative estimate of drug-likeness (QED) is 0.129. The second-order valence-corrected chi connectivity index (χ2v) is 9.16. The smallest absolute Gasteiger partial charge is 0.273 e. The summed E-state index contributed by atoms with van der Waals surface area (Å²) in [6, 6.07) is 0. The molecule has 2 N–H and O–H groups in total. The lowest BCUT2D eigenvalue weighted by Gasteiger charge is -2.34. The number of rotatable bonds is 12. The van der Waals surface area contributed by atoms with E-state index in [1.807, 2.05) is 0 Å². The molecular formula is C7H6F6N4O6S5. The number of alkyl halides is 1. The third-order valence-corrected chi connectivity index (χ3v) is 8.00. The van der Waals surface area contributed by atoms with Crippen molar-refractivity contribution in [2.24, 2.45) is 0 Å². The van der Waals surface area contributed by atoms with Crippen molar-refractivity contribution in [3.63, 3.8) is 0 Å². The van der Waals surface area contributed by atoms with E-state index in [0.29, 0.717) is 0 Å². The minimum absolute atomic E-state index is 1.26. The molecule has 0 saturated heterocycles. The van der Waals surface area contributed by atoms with Crippen LogP contribution in [0.3, 0.4) is 0 Å². The molecule has 0 unspecified atom stereocenters. The number of hydrazine groups is 1. The summed E-state index contributed by atoms with van der Waals surface area (Å²) >= 11 is -6.41. The predicted octanol–water partition coefficient (Wildman–Crippen LogP) is 3.53. The van der Waals surface area contributed by atoms with Gasteiger partial charge in [-0.2, -0.15) is 19.4 Å². The molecule has 0 radical (unpaired) electrons. The molecule has 0 fully saturated rings. The van der Waals surface area contributed by atoms with Gasteiger partial charge in [0.25, 0.3) is 5.91 Å². The van der Waals surface area contributed by atoms with Crippen molar-refractivity contribution in [3.8, 4) is 0 Å². The summed E-state index contributed by atoms with van der Waals surface area (Å²) in [6.07, 6.45) is -2.86. The van der Waals surface area contributed by atoms with Gasteiger partial charge in [-0.1, -0.05) is 4.39 Å². The van der Waals surface area contributed by atoms with Crippen molar-refractivity contribution < 1.29 is 43.3 Å². The summed E-state index contributed by atoms with van der Waals surface area (Å²) in [6.45, 7) is 0. The highest BCUT2D eigenvalue weighted by molar-refractivity contribution is 8.33. The van der Waals surface area contributed by atoms with E-state index in [9.17, 15) is 53.6 Å². The Morgan fingerprint density at radius 1 is 0.857 bits per heavy atom. The molecule has 0 atom stereocenters. The van der Waals surface area contributed by atoms with Gasteiger partial charge in [0.05, 0.1) is 60.7 Å². The fourth-order valence-electron chi connectivity index (χ4n) is 1.30. The number of nitro groups is 2. The lowest BCUT2D eigenvalue weighted by atomic mass is 10.2. The van der Waals surface area contributed by atoms with Gasteiger partial charge >= 0.3 is 5.92 Å². The number of halogens is 6. The number of amides is 2. The van der Waals surface area contributed by atoms with Crippen LogP contribution in [0.4, 0.5) is 23.8 Å². The van der Waals surface area contributed by atoms with Gasteiger partial charge in [0.1, 0.15) is 16.3 Å². The Labute approximate surface area is 173 Å². The minimum atomic E-state index is -4.23. The fourth-order valence-corrected chi connectivity index (χ4v) is 3.83. The Morgan fingerprint density at radius 3 is 1.61 bits per heavy atom. The molecule has 0 aliphatic heterocycles. The van der Waals surface area contributed by atoms with Gasteiger partial charge in [0, 0.05) is 6.42 Å². The van der Waals surface area contributed by atoms with Gasteiger partial charge in [-0.05, 0) is 0 Å². The molecule has 0 aromatic rings. The summed E-state index contributed by atoms with van der Waals surface area (Å²) in [5.41, 5.74) is 2.61. The van der Waals surface area contributed by atoms with Crippen molar-refractivity contribution in [2.75, 3.05) is 0 Å². The van der Waals surface area contributed by atoms with Crippen LogP contribution in [0.5, 0.6) is 0 Å². The normalized spacial score (nSPS) is 12.4. The van der Waals surface area contributed by atoms with E-state index in [0.717, 1.165) is 0 Å².